The monoisotopic (exact) mass is 645 g/mol. The number of terminal acetylenes is 1. The summed E-state index contributed by atoms with van der Waals surface area (Å²) in [4.78, 5) is 18.4. The predicted molar refractivity (Wildman–Crippen MR) is 174 cm³/mol. The van der Waals surface area contributed by atoms with Crippen LogP contribution in [-0.2, 0) is 4.74 Å². The highest BCUT2D eigenvalue weighted by Gasteiger charge is 2.48. The van der Waals surface area contributed by atoms with E-state index in [2.05, 4.69) is 20.8 Å². The Hall–Kier alpha value is -4.14. The summed E-state index contributed by atoms with van der Waals surface area (Å²) in [6.45, 7) is 4.02. The van der Waals surface area contributed by atoms with Crippen LogP contribution in [0.5, 0.6) is 11.8 Å². The number of likely N-dealkylation sites (tertiary alicyclic amines) is 1. The SMILES string of the molecule is C#Cc1c(F)ccc2cc(O)cc(-c3ncc4c(N5CCCOCC5)nc(OCC56CCCC5N(CCCF)CCC6)nc4c3F)c12. The minimum atomic E-state index is -0.756. The number of phenols is 1. The highest BCUT2D eigenvalue weighted by molar-refractivity contribution is 6.03. The predicted octanol–water partition coefficient (Wildman–Crippen LogP) is 6.41. The van der Waals surface area contributed by atoms with E-state index in [9.17, 15) is 13.9 Å². The van der Waals surface area contributed by atoms with Gasteiger partial charge in [0.1, 0.15) is 28.6 Å². The third-order valence-corrected chi connectivity index (χ3v) is 10.1. The number of phenolic OH excluding ortho intramolecular Hbond substituents is 1. The lowest BCUT2D eigenvalue weighted by Gasteiger charge is -2.46. The van der Waals surface area contributed by atoms with E-state index in [0.717, 1.165) is 51.6 Å². The van der Waals surface area contributed by atoms with Gasteiger partial charge < -0.3 is 19.5 Å². The van der Waals surface area contributed by atoms with E-state index in [1.54, 1.807) is 0 Å². The average molecular weight is 646 g/mol. The molecule has 2 atom stereocenters. The van der Waals surface area contributed by atoms with E-state index >= 15 is 4.39 Å². The number of rotatable bonds is 8. The Morgan fingerprint density at radius 3 is 2.81 bits per heavy atom. The first-order valence-corrected chi connectivity index (χ1v) is 16.5. The molecule has 0 radical (unpaired) electrons. The summed E-state index contributed by atoms with van der Waals surface area (Å²) in [6.07, 6.45) is 13.6. The molecule has 8 nitrogen and oxygen atoms in total. The number of benzene rings is 2. The summed E-state index contributed by atoms with van der Waals surface area (Å²) in [6, 6.07) is 5.85. The number of ether oxygens (including phenoxy) is 2. The molecule has 2 aliphatic heterocycles. The van der Waals surface area contributed by atoms with Gasteiger partial charge in [0.15, 0.2) is 5.82 Å². The van der Waals surface area contributed by atoms with Crippen molar-refractivity contribution < 1.29 is 27.8 Å². The number of fused-ring (bicyclic) bond motifs is 3. The molecule has 4 heterocycles. The molecule has 3 fully saturated rings. The first-order chi connectivity index (χ1) is 22.9. The second kappa shape index (κ2) is 13.2. The average Bonchev–Trinajstić information content (AvgIpc) is 3.33. The number of hydrogen-bond acceptors (Lipinski definition) is 8. The standard InChI is InChI=1S/C36H38F3N5O3/c1-2-25-28(38)9-8-23-19-24(45)20-26(30(23)25)32-31(39)33-27(21-40-32)34(44-15-6-17-46-18-16-44)42-35(41-33)47-22-36-10-3-7-29(36)43(13-4-11-36)14-5-12-37/h1,8-9,19-21,29,45H,3-7,10-18,22H2. The maximum absolute atomic E-state index is 16.8. The Morgan fingerprint density at radius 2 is 1.96 bits per heavy atom. The van der Waals surface area contributed by atoms with Crippen molar-refractivity contribution in [1.29, 1.82) is 0 Å². The molecule has 1 N–H and O–H groups in total. The van der Waals surface area contributed by atoms with Crippen LogP contribution < -0.4 is 9.64 Å². The van der Waals surface area contributed by atoms with Crippen LogP contribution in [-0.4, -0.2) is 83.7 Å². The number of hydrogen-bond donors (Lipinski definition) is 1. The van der Waals surface area contributed by atoms with Gasteiger partial charge in [0, 0.05) is 54.8 Å². The van der Waals surface area contributed by atoms with Gasteiger partial charge in [-0.3, -0.25) is 14.3 Å². The van der Waals surface area contributed by atoms with Crippen LogP contribution >= 0.6 is 0 Å². The Kier molecular flexibility index (Phi) is 8.81. The molecular formula is C36H38F3N5O3. The fourth-order valence-corrected chi connectivity index (χ4v) is 7.98. The van der Waals surface area contributed by atoms with Crippen LogP contribution in [0.3, 0.4) is 0 Å². The molecule has 2 aromatic heterocycles. The molecule has 11 heteroatoms. The van der Waals surface area contributed by atoms with Crippen LogP contribution in [0, 0.1) is 29.4 Å². The quantitative estimate of drug-likeness (QED) is 0.220. The number of aromatic hydroxyl groups is 1. The molecule has 2 unspecified atom stereocenters. The first kappa shape index (κ1) is 31.5. The lowest BCUT2D eigenvalue weighted by Crippen LogP contribution is -2.52. The normalized spacial score (nSPS) is 21.9. The largest absolute Gasteiger partial charge is 0.508 e. The summed E-state index contributed by atoms with van der Waals surface area (Å²) in [5, 5.41) is 11.7. The third kappa shape index (κ3) is 5.82. The van der Waals surface area contributed by atoms with E-state index in [1.165, 1.54) is 30.5 Å². The van der Waals surface area contributed by atoms with Gasteiger partial charge in [-0.25, -0.2) is 8.78 Å². The molecule has 1 aliphatic carbocycles. The number of aromatic nitrogens is 3. The first-order valence-electron chi connectivity index (χ1n) is 16.5. The highest BCUT2D eigenvalue weighted by Crippen LogP contribution is 2.48. The smallest absolute Gasteiger partial charge is 0.319 e. The van der Waals surface area contributed by atoms with Gasteiger partial charge in [0.05, 0.1) is 30.8 Å². The van der Waals surface area contributed by atoms with Crippen LogP contribution in [0.2, 0.25) is 0 Å². The molecule has 7 rings (SSSR count). The lowest BCUT2D eigenvalue weighted by atomic mass is 9.75. The summed E-state index contributed by atoms with van der Waals surface area (Å²) < 4.78 is 56.8. The van der Waals surface area contributed by atoms with E-state index in [-0.39, 0.29) is 51.6 Å². The zero-order valence-corrected chi connectivity index (χ0v) is 26.3. The molecule has 246 valence electrons. The van der Waals surface area contributed by atoms with E-state index in [0.29, 0.717) is 62.0 Å². The van der Waals surface area contributed by atoms with Crippen molar-refractivity contribution in [1.82, 2.24) is 19.9 Å². The molecule has 2 saturated heterocycles. The van der Waals surface area contributed by atoms with Gasteiger partial charge in [-0.2, -0.15) is 9.97 Å². The van der Waals surface area contributed by atoms with Crippen molar-refractivity contribution >= 4 is 27.5 Å². The van der Waals surface area contributed by atoms with Gasteiger partial charge in [-0.05, 0) is 68.7 Å². The number of halogens is 3. The lowest BCUT2D eigenvalue weighted by molar-refractivity contribution is -0.00136. The van der Waals surface area contributed by atoms with Crippen LogP contribution in [0.1, 0.15) is 50.5 Å². The number of pyridine rings is 1. The molecule has 0 bridgehead atoms. The van der Waals surface area contributed by atoms with Gasteiger partial charge in [0.2, 0.25) is 0 Å². The molecule has 47 heavy (non-hydrogen) atoms. The molecule has 2 aromatic carbocycles. The van der Waals surface area contributed by atoms with Crippen molar-refractivity contribution in [2.45, 2.75) is 51.0 Å². The third-order valence-electron chi connectivity index (χ3n) is 10.1. The van der Waals surface area contributed by atoms with Crippen LogP contribution in [0.15, 0.2) is 30.5 Å². The minimum absolute atomic E-state index is 0.00371. The second-order valence-electron chi connectivity index (χ2n) is 12.9. The number of alkyl halides is 1. The Labute approximate surface area is 271 Å². The Bertz CT molecular complexity index is 1840. The van der Waals surface area contributed by atoms with E-state index in [4.69, 9.17) is 20.9 Å². The fraction of sp³-hybridized carbons (Fsp3) is 0.472. The number of anilines is 1. The van der Waals surface area contributed by atoms with Gasteiger partial charge in [-0.15, -0.1) is 6.42 Å². The zero-order valence-electron chi connectivity index (χ0n) is 26.3. The minimum Gasteiger partial charge on any atom is -0.508 e. The second-order valence-corrected chi connectivity index (χ2v) is 12.9. The summed E-state index contributed by atoms with van der Waals surface area (Å²) in [5.41, 5.74) is -0.124. The maximum Gasteiger partial charge on any atom is 0.319 e. The topological polar surface area (TPSA) is 83.8 Å². The van der Waals surface area contributed by atoms with Gasteiger partial charge in [-0.1, -0.05) is 18.4 Å². The Morgan fingerprint density at radius 1 is 1.09 bits per heavy atom. The van der Waals surface area contributed by atoms with E-state index < -0.39 is 11.6 Å². The summed E-state index contributed by atoms with van der Waals surface area (Å²) in [5.74, 6) is 1.35. The van der Waals surface area contributed by atoms with Crippen molar-refractivity contribution in [3.05, 3.63) is 47.7 Å². The van der Waals surface area contributed by atoms with Crippen molar-refractivity contribution in [3.63, 3.8) is 0 Å². The highest BCUT2D eigenvalue weighted by atomic mass is 19.1. The fourth-order valence-electron chi connectivity index (χ4n) is 7.98. The maximum atomic E-state index is 16.8. The zero-order chi connectivity index (χ0) is 32.5. The molecule has 4 aromatic rings. The molecule has 1 saturated carbocycles. The van der Waals surface area contributed by atoms with Gasteiger partial charge >= 0.3 is 6.01 Å². The number of piperidine rings is 1. The Balaban J connectivity index is 1.33. The molecule has 0 amide bonds. The van der Waals surface area contributed by atoms with E-state index in [1.807, 2.05) is 4.90 Å². The van der Waals surface area contributed by atoms with Crippen molar-refractivity contribution in [2.75, 3.05) is 57.6 Å². The van der Waals surface area contributed by atoms with Crippen LogP contribution in [0.25, 0.3) is 32.9 Å². The van der Waals surface area contributed by atoms with Crippen molar-refractivity contribution in [3.8, 4) is 35.4 Å². The molecular weight excluding hydrogens is 607 g/mol. The van der Waals surface area contributed by atoms with Crippen LogP contribution in [0.4, 0.5) is 19.0 Å². The summed E-state index contributed by atoms with van der Waals surface area (Å²) >= 11 is 0. The van der Waals surface area contributed by atoms with Crippen molar-refractivity contribution in [2.24, 2.45) is 5.41 Å². The molecule has 3 aliphatic rings. The number of nitrogens with zero attached hydrogens (tertiary/aromatic N) is 5. The van der Waals surface area contributed by atoms with Gasteiger partial charge in [0.25, 0.3) is 0 Å². The summed E-state index contributed by atoms with van der Waals surface area (Å²) in [7, 11) is 0. The molecule has 0 spiro atoms.